The molecule has 24 heavy (non-hydrogen) atoms. The van der Waals surface area contributed by atoms with Crippen molar-refractivity contribution in [2.75, 3.05) is 5.32 Å². The molecule has 1 aromatic heterocycles. The molecule has 0 fully saturated rings. The van der Waals surface area contributed by atoms with Gasteiger partial charge in [-0.25, -0.2) is 0 Å². The summed E-state index contributed by atoms with van der Waals surface area (Å²) in [6, 6.07) is 18.4. The van der Waals surface area contributed by atoms with Gasteiger partial charge >= 0.3 is 0 Å². The highest BCUT2D eigenvalue weighted by molar-refractivity contribution is 6.02. The third-order valence-corrected chi connectivity index (χ3v) is 3.88. The first-order valence-corrected chi connectivity index (χ1v) is 7.48. The van der Waals surface area contributed by atoms with E-state index in [0.717, 1.165) is 10.8 Å². The summed E-state index contributed by atoms with van der Waals surface area (Å²) in [5.41, 5.74) is 0.899. The number of nitriles is 1. The maximum Gasteiger partial charge on any atom is 0.269 e. The lowest BCUT2D eigenvalue weighted by atomic mass is 10.1. The van der Waals surface area contributed by atoms with Crippen LogP contribution in [0, 0.1) is 18.3 Å². The topological polar surface area (TPSA) is 74.9 Å². The summed E-state index contributed by atoms with van der Waals surface area (Å²) in [6.07, 6.45) is 0. The van der Waals surface area contributed by atoms with Crippen LogP contribution < -0.4 is 10.9 Å². The molecule has 5 nitrogen and oxygen atoms in total. The molecule has 0 radical (unpaired) electrons. The minimum Gasteiger partial charge on any atom is -0.324 e. The number of aryl methyl sites for hydroxylation is 1. The van der Waals surface area contributed by atoms with Crippen molar-refractivity contribution in [3.8, 4) is 6.07 Å². The first-order chi connectivity index (χ1) is 11.6. The number of aromatic nitrogens is 1. The third-order valence-electron chi connectivity index (χ3n) is 3.88. The van der Waals surface area contributed by atoms with E-state index in [2.05, 4.69) is 5.32 Å². The fraction of sp³-hybridized carbons (Fsp3) is 0.105. The number of benzene rings is 2. The third kappa shape index (κ3) is 2.90. The van der Waals surface area contributed by atoms with E-state index in [4.69, 9.17) is 5.26 Å². The van der Waals surface area contributed by atoms with Gasteiger partial charge in [-0.1, -0.05) is 36.4 Å². The molecule has 0 atom stereocenters. The van der Waals surface area contributed by atoms with Gasteiger partial charge in [0, 0.05) is 16.8 Å². The number of rotatable bonds is 3. The quantitative estimate of drug-likeness (QED) is 0.807. The molecule has 0 aliphatic carbocycles. The Kier molecular flexibility index (Phi) is 4.13. The maximum absolute atomic E-state index is 12.4. The van der Waals surface area contributed by atoms with Crippen LogP contribution in [0.4, 0.5) is 5.69 Å². The van der Waals surface area contributed by atoms with Gasteiger partial charge in [-0.2, -0.15) is 5.26 Å². The van der Waals surface area contributed by atoms with Gasteiger partial charge in [0.05, 0.1) is 0 Å². The van der Waals surface area contributed by atoms with E-state index in [1.165, 1.54) is 10.6 Å². The van der Waals surface area contributed by atoms with Crippen molar-refractivity contribution in [3.63, 3.8) is 0 Å². The summed E-state index contributed by atoms with van der Waals surface area (Å²) in [6.45, 7) is 1.59. The van der Waals surface area contributed by atoms with Crippen molar-refractivity contribution in [3.05, 3.63) is 76.2 Å². The second-order valence-electron chi connectivity index (χ2n) is 5.47. The van der Waals surface area contributed by atoms with Crippen LogP contribution in [-0.4, -0.2) is 10.5 Å². The molecule has 0 saturated heterocycles. The summed E-state index contributed by atoms with van der Waals surface area (Å²) in [5, 5.41) is 13.8. The zero-order valence-electron chi connectivity index (χ0n) is 13.1. The van der Waals surface area contributed by atoms with Crippen molar-refractivity contribution in [2.45, 2.75) is 13.5 Å². The zero-order valence-corrected chi connectivity index (χ0v) is 13.1. The number of nitrogens with one attached hydrogen (secondary N) is 1. The summed E-state index contributed by atoms with van der Waals surface area (Å²) < 4.78 is 1.30. The van der Waals surface area contributed by atoms with Crippen molar-refractivity contribution in [1.82, 2.24) is 4.57 Å². The molecular formula is C19H15N3O2. The lowest BCUT2D eigenvalue weighted by molar-refractivity contribution is -0.116. The number of nitrogens with zero attached hydrogens (tertiary/aromatic N) is 2. The molecule has 1 amide bonds. The molecule has 3 rings (SSSR count). The van der Waals surface area contributed by atoms with Crippen LogP contribution in [0.5, 0.6) is 0 Å². The molecule has 1 heterocycles. The minimum absolute atomic E-state index is 0.0264. The van der Waals surface area contributed by atoms with Gasteiger partial charge in [-0.15, -0.1) is 0 Å². The van der Waals surface area contributed by atoms with Crippen LogP contribution in [-0.2, 0) is 11.3 Å². The summed E-state index contributed by atoms with van der Waals surface area (Å²) >= 11 is 0. The Labute approximate surface area is 138 Å². The number of anilines is 1. The van der Waals surface area contributed by atoms with E-state index < -0.39 is 5.56 Å². The largest absolute Gasteiger partial charge is 0.324 e. The van der Waals surface area contributed by atoms with Gasteiger partial charge in [0.1, 0.15) is 18.2 Å². The second-order valence-corrected chi connectivity index (χ2v) is 5.47. The predicted molar refractivity (Wildman–Crippen MR) is 92.7 cm³/mol. The molecule has 0 aliphatic rings. The maximum atomic E-state index is 12.4. The standard InChI is InChI=1S/C19H15N3O2/c1-13-9-10-15(11-20)19(24)22(13)12-18(23)21-17-8-4-6-14-5-2-3-7-16(14)17/h2-10H,12H2,1H3,(H,21,23). The lowest BCUT2D eigenvalue weighted by Crippen LogP contribution is -2.30. The van der Waals surface area contributed by atoms with Gasteiger partial charge in [0.2, 0.25) is 5.91 Å². The van der Waals surface area contributed by atoms with E-state index in [-0.39, 0.29) is 18.0 Å². The average Bonchev–Trinajstić information content (AvgIpc) is 2.59. The van der Waals surface area contributed by atoms with Gasteiger partial charge < -0.3 is 9.88 Å². The van der Waals surface area contributed by atoms with E-state index in [1.807, 2.05) is 48.5 Å². The molecular weight excluding hydrogens is 302 g/mol. The highest BCUT2D eigenvalue weighted by atomic mass is 16.2. The van der Waals surface area contributed by atoms with Gasteiger partial charge in [-0.05, 0) is 30.5 Å². The van der Waals surface area contributed by atoms with Crippen LogP contribution in [0.25, 0.3) is 10.8 Å². The van der Waals surface area contributed by atoms with E-state index in [0.29, 0.717) is 11.4 Å². The first-order valence-electron chi connectivity index (χ1n) is 7.48. The van der Waals surface area contributed by atoms with Crippen molar-refractivity contribution in [1.29, 1.82) is 5.26 Å². The first kappa shape index (κ1) is 15.5. The molecule has 2 aromatic carbocycles. The fourth-order valence-corrected chi connectivity index (χ4v) is 2.62. The molecule has 0 bridgehead atoms. The smallest absolute Gasteiger partial charge is 0.269 e. The van der Waals surface area contributed by atoms with Crippen molar-refractivity contribution < 1.29 is 4.79 Å². The number of carbonyl (C=O) groups is 1. The highest BCUT2D eigenvalue weighted by Crippen LogP contribution is 2.22. The van der Waals surface area contributed by atoms with E-state index >= 15 is 0 Å². The number of hydrogen-bond donors (Lipinski definition) is 1. The van der Waals surface area contributed by atoms with Crippen LogP contribution in [0.3, 0.4) is 0 Å². The Morgan fingerprint density at radius 2 is 1.88 bits per heavy atom. The lowest BCUT2D eigenvalue weighted by Gasteiger charge is -2.12. The van der Waals surface area contributed by atoms with Gasteiger partial charge in [0.25, 0.3) is 5.56 Å². The number of hydrogen-bond acceptors (Lipinski definition) is 3. The second kappa shape index (κ2) is 6.39. The highest BCUT2D eigenvalue weighted by Gasteiger charge is 2.11. The summed E-state index contributed by atoms with van der Waals surface area (Å²) in [4.78, 5) is 24.6. The SMILES string of the molecule is Cc1ccc(C#N)c(=O)n1CC(=O)Nc1cccc2ccccc12. The number of carbonyl (C=O) groups excluding carboxylic acids is 1. The molecule has 0 spiro atoms. The van der Waals surface area contributed by atoms with E-state index in [1.54, 1.807) is 13.0 Å². The molecule has 0 saturated carbocycles. The number of pyridine rings is 1. The monoisotopic (exact) mass is 317 g/mol. The van der Waals surface area contributed by atoms with Crippen molar-refractivity contribution in [2.24, 2.45) is 0 Å². The van der Waals surface area contributed by atoms with Gasteiger partial charge in [-0.3, -0.25) is 9.59 Å². The normalized spacial score (nSPS) is 10.3. The number of fused-ring (bicyclic) bond motifs is 1. The summed E-state index contributed by atoms with van der Waals surface area (Å²) in [5.74, 6) is -0.313. The Hall–Kier alpha value is -3.39. The minimum atomic E-state index is -0.453. The Bertz CT molecular complexity index is 1020. The number of amides is 1. The van der Waals surface area contributed by atoms with Crippen LogP contribution in [0.15, 0.2) is 59.4 Å². The Morgan fingerprint density at radius 3 is 2.67 bits per heavy atom. The van der Waals surface area contributed by atoms with Crippen molar-refractivity contribution >= 4 is 22.4 Å². The molecule has 3 aromatic rings. The van der Waals surface area contributed by atoms with Gasteiger partial charge in [0.15, 0.2) is 0 Å². The van der Waals surface area contributed by atoms with Crippen LogP contribution in [0.1, 0.15) is 11.3 Å². The Balaban J connectivity index is 1.89. The molecule has 1 N–H and O–H groups in total. The van der Waals surface area contributed by atoms with Crippen LogP contribution >= 0.6 is 0 Å². The molecule has 0 unspecified atom stereocenters. The zero-order chi connectivity index (χ0) is 17.1. The average molecular weight is 317 g/mol. The molecule has 5 heteroatoms. The molecule has 118 valence electrons. The fourth-order valence-electron chi connectivity index (χ4n) is 2.62. The molecule has 0 aliphatic heterocycles. The van der Waals surface area contributed by atoms with Crippen LogP contribution in [0.2, 0.25) is 0 Å². The van der Waals surface area contributed by atoms with E-state index in [9.17, 15) is 9.59 Å². The Morgan fingerprint density at radius 1 is 1.12 bits per heavy atom. The predicted octanol–water partition coefficient (Wildman–Crippen LogP) is 2.82. The summed E-state index contributed by atoms with van der Waals surface area (Å²) in [7, 11) is 0.